The van der Waals surface area contributed by atoms with E-state index in [-0.39, 0.29) is 5.56 Å². The lowest BCUT2D eigenvalue weighted by atomic mass is 9.79. The van der Waals surface area contributed by atoms with Crippen LogP contribution in [0.1, 0.15) is 42.5 Å². The molecule has 4 rings (SSSR count). The minimum absolute atomic E-state index is 0.186. The highest BCUT2D eigenvalue weighted by atomic mass is 19.4. The van der Waals surface area contributed by atoms with Gasteiger partial charge < -0.3 is 21.3 Å². The fourth-order valence-corrected chi connectivity index (χ4v) is 4.78. The lowest BCUT2D eigenvalue weighted by Crippen LogP contribution is -2.31. The number of anilines is 3. The molecule has 0 saturated heterocycles. The number of aromatic nitrogens is 2. The first-order valence-corrected chi connectivity index (χ1v) is 14.3. The second kappa shape index (κ2) is 13.7. The number of nitrogens with one attached hydrogen (secondary N) is 4. The van der Waals surface area contributed by atoms with Crippen LogP contribution in [-0.4, -0.2) is 30.1 Å². The van der Waals surface area contributed by atoms with Gasteiger partial charge in [0, 0.05) is 41.6 Å². The van der Waals surface area contributed by atoms with Gasteiger partial charge in [0.05, 0.1) is 5.56 Å². The molecule has 0 aliphatic rings. The summed E-state index contributed by atoms with van der Waals surface area (Å²) >= 11 is 0. The van der Waals surface area contributed by atoms with E-state index in [2.05, 4.69) is 32.8 Å². The molecule has 9 heteroatoms. The summed E-state index contributed by atoms with van der Waals surface area (Å²) in [5, 5.41) is 13.1. The summed E-state index contributed by atoms with van der Waals surface area (Å²) in [7, 11) is 1.92. The Morgan fingerprint density at radius 1 is 0.907 bits per heavy atom. The van der Waals surface area contributed by atoms with Crippen molar-refractivity contribution >= 4 is 17.5 Å². The number of allylic oxidation sites excluding steroid dienone is 1. The Balaban J connectivity index is 1.49. The molecule has 0 aliphatic heterocycles. The van der Waals surface area contributed by atoms with Crippen LogP contribution in [0.4, 0.5) is 30.6 Å². The van der Waals surface area contributed by atoms with E-state index in [1.807, 2.05) is 62.5 Å². The largest absolute Gasteiger partial charge is 0.416 e. The van der Waals surface area contributed by atoms with Crippen molar-refractivity contribution in [3.05, 3.63) is 114 Å². The van der Waals surface area contributed by atoms with Gasteiger partial charge in [-0.3, -0.25) is 0 Å². The van der Waals surface area contributed by atoms with E-state index in [1.165, 1.54) is 12.1 Å². The standard InChI is InChI=1S/C34H39F3N6/c1-23-10-8-11-27(20-23)42-32-41-22-28(31(43-32)39-19-9-18-38-5)26-16-14-25(15-17-26)21-40-24(2)33(3,4)29-12-6-7-13-30(29)34(35,36)37/h6-8,10-17,20,22,38,40H,2,9,18-19,21H2,1,3-5H3,(H2,39,41,42,43). The number of alkyl halides is 3. The van der Waals surface area contributed by atoms with Gasteiger partial charge in [-0.2, -0.15) is 18.2 Å². The Labute approximate surface area is 251 Å². The lowest BCUT2D eigenvalue weighted by Gasteiger charge is -2.31. The number of rotatable bonds is 13. The summed E-state index contributed by atoms with van der Waals surface area (Å²) in [6.07, 6.45) is -1.71. The number of halogens is 3. The quantitative estimate of drug-likeness (QED) is 0.119. The Morgan fingerprint density at radius 2 is 1.63 bits per heavy atom. The molecule has 0 spiro atoms. The smallest absolute Gasteiger partial charge is 0.384 e. The molecule has 0 unspecified atom stereocenters. The third-order valence-electron chi connectivity index (χ3n) is 7.39. The Kier molecular flexibility index (Phi) is 10.1. The average Bonchev–Trinajstić information content (AvgIpc) is 2.98. The Bertz CT molecular complexity index is 1530. The van der Waals surface area contributed by atoms with Crippen LogP contribution in [0.25, 0.3) is 11.1 Å². The molecule has 3 aromatic carbocycles. The van der Waals surface area contributed by atoms with Crippen LogP contribution in [0, 0.1) is 6.92 Å². The molecule has 0 amide bonds. The van der Waals surface area contributed by atoms with Crippen molar-refractivity contribution in [3.63, 3.8) is 0 Å². The maximum Gasteiger partial charge on any atom is 0.416 e. The molecule has 0 fully saturated rings. The minimum atomic E-state index is -4.44. The molecule has 43 heavy (non-hydrogen) atoms. The number of aryl methyl sites for hydroxylation is 1. The van der Waals surface area contributed by atoms with Crippen LogP contribution in [0.15, 0.2) is 91.3 Å². The molecule has 0 bridgehead atoms. The second-order valence-electron chi connectivity index (χ2n) is 11.0. The predicted octanol–water partition coefficient (Wildman–Crippen LogP) is 7.82. The van der Waals surface area contributed by atoms with E-state index in [1.54, 1.807) is 26.1 Å². The van der Waals surface area contributed by atoms with E-state index in [0.717, 1.165) is 59.3 Å². The molecule has 4 N–H and O–H groups in total. The highest BCUT2D eigenvalue weighted by Gasteiger charge is 2.38. The van der Waals surface area contributed by atoms with Gasteiger partial charge in [0.15, 0.2) is 0 Å². The first-order chi connectivity index (χ1) is 20.5. The molecule has 226 valence electrons. The van der Waals surface area contributed by atoms with Crippen LogP contribution < -0.4 is 21.3 Å². The summed E-state index contributed by atoms with van der Waals surface area (Å²) in [5.74, 6) is 1.23. The first-order valence-electron chi connectivity index (χ1n) is 14.3. The van der Waals surface area contributed by atoms with Crippen molar-refractivity contribution in [1.29, 1.82) is 0 Å². The molecule has 1 aromatic heterocycles. The monoisotopic (exact) mass is 588 g/mol. The molecule has 4 aromatic rings. The topological polar surface area (TPSA) is 73.9 Å². The van der Waals surface area contributed by atoms with Crippen LogP contribution >= 0.6 is 0 Å². The van der Waals surface area contributed by atoms with Crippen LogP contribution in [0.5, 0.6) is 0 Å². The van der Waals surface area contributed by atoms with Crippen LogP contribution in [0.2, 0.25) is 0 Å². The maximum absolute atomic E-state index is 13.7. The van der Waals surface area contributed by atoms with Gasteiger partial charge in [-0.1, -0.05) is 75.0 Å². The molecule has 0 aliphatic carbocycles. The van der Waals surface area contributed by atoms with Crippen molar-refractivity contribution in [2.24, 2.45) is 0 Å². The fraction of sp³-hybridized carbons (Fsp3) is 0.294. The van der Waals surface area contributed by atoms with Gasteiger partial charge in [-0.05, 0) is 67.4 Å². The number of hydrogen-bond acceptors (Lipinski definition) is 6. The first kappa shape index (κ1) is 31.6. The highest BCUT2D eigenvalue weighted by molar-refractivity contribution is 5.76. The summed E-state index contributed by atoms with van der Waals surface area (Å²) in [4.78, 5) is 9.34. The zero-order valence-corrected chi connectivity index (χ0v) is 25.1. The minimum Gasteiger partial charge on any atom is -0.384 e. The normalized spacial score (nSPS) is 11.7. The van der Waals surface area contributed by atoms with Crippen molar-refractivity contribution in [3.8, 4) is 11.1 Å². The van der Waals surface area contributed by atoms with E-state index in [4.69, 9.17) is 4.98 Å². The highest BCUT2D eigenvalue weighted by Crippen LogP contribution is 2.39. The summed E-state index contributed by atoms with van der Waals surface area (Å²) in [6, 6.07) is 21.6. The molecular weight excluding hydrogens is 549 g/mol. The third kappa shape index (κ3) is 8.14. The number of nitrogens with zero attached hydrogens (tertiary/aromatic N) is 2. The molecule has 6 nitrogen and oxygen atoms in total. The lowest BCUT2D eigenvalue weighted by molar-refractivity contribution is -0.138. The van der Waals surface area contributed by atoms with Gasteiger partial charge in [-0.25, -0.2) is 4.98 Å². The van der Waals surface area contributed by atoms with Crippen molar-refractivity contribution in [2.45, 2.75) is 45.3 Å². The van der Waals surface area contributed by atoms with Gasteiger partial charge in [0.2, 0.25) is 5.95 Å². The summed E-state index contributed by atoms with van der Waals surface area (Å²) in [5.41, 5.74) is 3.94. The maximum atomic E-state index is 13.7. The summed E-state index contributed by atoms with van der Waals surface area (Å²) in [6.45, 7) is 11.7. The third-order valence-corrected chi connectivity index (χ3v) is 7.39. The van der Waals surface area contributed by atoms with Crippen molar-refractivity contribution < 1.29 is 13.2 Å². The molecule has 0 atom stereocenters. The molecule has 1 heterocycles. The average molecular weight is 589 g/mol. The molecular formula is C34H39F3N6. The predicted molar refractivity (Wildman–Crippen MR) is 169 cm³/mol. The summed E-state index contributed by atoms with van der Waals surface area (Å²) < 4.78 is 41.0. The van der Waals surface area contributed by atoms with E-state index in [0.29, 0.717) is 18.2 Å². The van der Waals surface area contributed by atoms with E-state index < -0.39 is 17.2 Å². The van der Waals surface area contributed by atoms with Crippen LogP contribution in [-0.2, 0) is 18.1 Å². The van der Waals surface area contributed by atoms with Gasteiger partial charge in [0.25, 0.3) is 0 Å². The molecule has 0 saturated carbocycles. The fourth-order valence-electron chi connectivity index (χ4n) is 4.78. The van der Waals surface area contributed by atoms with Gasteiger partial charge >= 0.3 is 6.18 Å². The van der Waals surface area contributed by atoms with E-state index >= 15 is 0 Å². The van der Waals surface area contributed by atoms with E-state index in [9.17, 15) is 13.2 Å². The zero-order chi connectivity index (χ0) is 31.0. The van der Waals surface area contributed by atoms with Crippen LogP contribution in [0.3, 0.4) is 0 Å². The Morgan fingerprint density at radius 3 is 2.30 bits per heavy atom. The van der Waals surface area contributed by atoms with Crippen molar-refractivity contribution in [2.75, 3.05) is 30.8 Å². The molecule has 0 radical (unpaired) electrons. The van der Waals surface area contributed by atoms with Gasteiger partial charge in [-0.15, -0.1) is 0 Å². The van der Waals surface area contributed by atoms with Gasteiger partial charge in [0.1, 0.15) is 5.82 Å². The number of hydrogen-bond donors (Lipinski definition) is 4. The number of benzene rings is 3. The SMILES string of the molecule is C=C(NCc1ccc(-c2cnc(Nc3cccc(C)c3)nc2NCCCNC)cc1)C(C)(C)c1ccccc1C(F)(F)F. The second-order valence-corrected chi connectivity index (χ2v) is 11.0. The zero-order valence-electron chi connectivity index (χ0n) is 25.1. The Hall–Kier alpha value is -4.37. The van der Waals surface area contributed by atoms with Crippen molar-refractivity contribution in [1.82, 2.24) is 20.6 Å².